The molecule has 0 saturated heterocycles. The van der Waals surface area contributed by atoms with Gasteiger partial charge in [-0.05, 0) is 12.8 Å². The Hall–Kier alpha value is 0.157. The molecule has 0 atom stereocenters. The van der Waals surface area contributed by atoms with E-state index in [1.807, 2.05) is 0 Å². The fourth-order valence-electron chi connectivity index (χ4n) is 0.250. The van der Waals surface area contributed by atoms with Gasteiger partial charge in [-0.3, -0.25) is 0 Å². The number of rotatable bonds is 0. The van der Waals surface area contributed by atoms with Crippen molar-refractivity contribution in [2.45, 2.75) is 12.8 Å². The van der Waals surface area contributed by atoms with E-state index in [9.17, 15) is 0 Å². The fourth-order valence-corrected chi connectivity index (χ4v) is 0.250. The summed E-state index contributed by atoms with van der Waals surface area (Å²) in [6.07, 6.45) is 7.53. The van der Waals surface area contributed by atoms with Crippen LogP contribution in [0.3, 0.4) is 0 Å². The van der Waals surface area contributed by atoms with Crippen molar-refractivity contribution in [1.82, 2.24) is 0 Å². The van der Waals surface area contributed by atoms with Crippen LogP contribution in [0, 0.1) is 18.3 Å². The molecule has 0 aromatic heterocycles. The molecule has 6 heavy (non-hydrogen) atoms. The van der Waals surface area contributed by atoms with E-state index in [0.717, 1.165) is 0 Å². The second kappa shape index (κ2) is 2.35. The zero-order valence-electron chi connectivity index (χ0n) is 5.07. The third-order valence-corrected chi connectivity index (χ3v) is 0.813. The maximum Gasteiger partial charge on any atom is 1.00 e. The van der Waals surface area contributed by atoms with Gasteiger partial charge in [-0.25, -0.2) is 0 Å². The molecule has 1 heteroatoms. The van der Waals surface area contributed by atoms with Crippen LogP contribution in [-0.4, -0.2) is 0 Å². The standard InChI is InChI=1S/C5H6.Li.H/c1-2-5-3-4-5;;/h1,5H,3-4H2;;/q;+1;-1. The van der Waals surface area contributed by atoms with Gasteiger partial charge < -0.3 is 1.43 Å². The van der Waals surface area contributed by atoms with Crippen LogP contribution in [0.15, 0.2) is 0 Å². The van der Waals surface area contributed by atoms with Crippen LogP contribution >= 0.6 is 0 Å². The predicted molar refractivity (Wildman–Crippen MR) is 22.7 cm³/mol. The average molecular weight is 74.1 g/mol. The first-order valence-corrected chi connectivity index (χ1v) is 1.89. The average Bonchev–Trinajstić information content (AvgIpc) is 2.12. The first kappa shape index (κ1) is 6.16. The van der Waals surface area contributed by atoms with Crippen molar-refractivity contribution in [3.8, 4) is 12.3 Å². The molecule has 0 unspecified atom stereocenters. The van der Waals surface area contributed by atoms with E-state index in [1.165, 1.54) is 12.8 Å². The Kier molecular flexibility index (Phi) is 2.41. The Morgan fingerprint density at radius 1 is 1.67 bits per heavy atom. The Morgan fingerprint density at radius 3 is 2.17 bits per heavy atom. The second-order valence-electron chi connectivity index (χ2n) is 1.44. The summed E-state index contributed by atoms with van der Waals surface area (Å²) in [6.45, 7) is 0. The summed E-state index contributed by atoms with van der Waals surface area (Å²) in [5, 5.41) is 0. The van der Waals surface area contributed by atoms with Crippen molar-refractivity contribution < 1.29 is 20.3 Å². The Bertz CT molecular complexity index is 70.6. The molecule has 1 saturated carbocycles. The molecule has 28 valence electrons. The summed E-state index contributed by atoms with van der Waals surface area (Å²) in [4.78, 5) is 0. The molecule has 0 radical (unpaired) electrons. The smallest absolute Gasteiger partial charge is 1.00 e. The molecular weight excluding hydrogens is 67.0 g/mol. The molecule has 1 rings (SSSR count). The summed E-state index contributed by atoms with van der Waals surface area (Å²) >= 11 is 0. The molecule has 0 nitrogen and oxygen atoms in total. The van der Waals surface area contributed by atoms with Crippen molar-refractivity contribution >= 4 is 0 Å². The molecule has 0 spiro atoms. The Balaban J connectivity index is 0. The van der Waals surface area contributed by atoms with Gasteiger partial charge in [0.05, 0.1) is 0 Å². The zero-order valence-corrected chi connectivity index (χ0v) is 4.07. The van der Waals surface area contributed by atoms with E-state index in [2.05, 4.69) is 5.92 Å². The minimum absolute atomic E-state index is 0. The summed E-state index contributed by atoms with van der Waals surface area (Å²) in [6, 6.07) is 0. The summed E-state index contributed by atoms with van der Waals surface area (Å²) in [5.74, 6) is 3.30. The van der Waals surface area contributed by atoms with Gasteiger partial charge in [-0.2, -0.15) is 0 Å². The third kappa shape index (κ3) is 1.56. The van der Waals surface area contributed by atoms with Crippen LogP contribution in [0.1, 0.15) is 14.3 Å². The van der Waals surface area contributed by atoms with Gasteiger partial charge >= 0.3 is 18.9 Å². The Morgan fingerprint density at radius 2 is 2.17 bits per heavy atom. The van der Waals surface area contributed by atoms with Gasteiger partial charge in [0.1, 0.15) is 0 Å². The van der Waals surface area contributed by atoms with E-state index in [4.69, 9.17) is 6.42 Å². The second-order valence-corrected chi connectivity index (χ2v) is 1.44. The van der Waals surface area contributed by atoms with Gasteiger partial charge in [-0.1, -0.05) is 0 Å². The third-order valence-electron chi connectivity index (χ3n) is 0.813. The van der Waals surface area contributed by atoms with Gasteiger partial charge in [0.2, 0.25) is 0 Å². The summed E-state index contributed by atoms with van der Waals surface area (Å²) in [7, 11) is 0. The van der Waals surface area contributed by atoms with Crippen molar-refractivity contribution in [2.24, 2.45) is 5.92 Å². The molecule has 0 heterocycles. The SMILES string of the molecule is C#CC1CC1.[H-].[Li+]. The largest absolute Gasteiger partial charge is 1.00 e. The van der Waals surface area contributed by atoms with E-state index >= 15 is 0 Å². The van der Waals surface area contributed by atoms with E-state index in [0.29, 0.717) is 5.92 Å². The van der Waals surface area contributed by atoms with Crippen LogP contribution in [0.5, 0.6) is 0 Å². The molecule has 0 bridgehead atoms. The maximum atomic E-state index is 4.98. The first-order valence-electron chi connectivity index (χ1n) is 1.89. The predicted octanol–water partition coefficient (Wildman–Crippen LogP) is -1.85. The number of hydrogen-bond acceptors (Lipinski definition) is 0. The van der Waals surface area contributed by atoms with Crippen molar-refractivity contribution in [2.75, 3.05) is 0 Å². The quantitative estimate of drug-likeness (QED) is 0.233. The monoisotopic (exact) mass is 74.1 g/mol. The molecule has 1 aliphatic rings. The van der Waals surface area contributed by atoms with Crippen LogP contribution in [0.2, 0.25) is 0 Å². The Labute approximate surface area is 52.0 Å². The molecule has 0 amide bonds. The topological polar surface area (TPSA) is 0 Å². The summed E-state index contributed by atoms with van der Waals surface area (Å²) in [5.41, 5.74) is 0. The first-order chi connectivity index (χ1) is 2.43. The molecular formula is C5H7Li. The van der Waals surface area contributed by atoms with Crippen LogP contribution in [0.25, 0.3) is 0 Å². The normalized spacial score (nSPS) is 17.8. The van der Waals surface area contributed by atoms with Crippen molar-refractivity contribution in [1.29, 1.82) is 0 Å². The molecule has 0 aromatic carbocycles. The number of terminal acetylenes is 1. The molecule has 1 fully saturated rings. The molecule has 0 aliphatic heterocycles. The van der Waals surface area contributed by atoms with E-state index in [1.54, 1.807) is 0 Å². The molecule has 0 aromatic rings. The minimum atomic E-state index is 0. The minimum Gasteiger partial charge on any atom is -1.00 e. The fraction of sp³-hybridized carbons (Fsp3) is 0.600. The molecule has 0 N–H and O–H groups in total. The van der Waals surface area contributed by atoms with Crippen LogP contribution < -0.4 is 18.9 Å². The van der Waals surface area contributed by atoms with Crippen LogP contribution in [0.4, 0.5) is 0 Å². The number of hydrogen-bond donors (Lipinski definition) is 0. The van der Waals surface area contributed by atoms with Gasteiger partial charge in [0.25, 0.3) is 0 Å². The van der Waals surface area contributed by atoms with Crippen molar-refractivity contribution in [3.63, 3.8) is 0 Å². The van der Waals surface area contributed by atoms with Gasteiger partial charge in [0.15, 0.2) is 0 Å². The molecule has 1 aliphatic carbocycles. The van der Waals surface area contributed by atoms with Gasteiger partial charge in [-0.15, -0.1) is 12.3 Å². The van der Waals surface area contributed by atoms with Crippen LogP contribution in [-0.2, 0) is 0 Å². The summed E-state index contributed by atoms with van der Waals surface area (Å²) < 4.78 is 0. The van der Waals surface area contributed by atoms with Crippen molar-refractivity contribution in [3.05, 3.63) is 0 Å². The maximum absolute atomic E-state index is 4.98. The van der Waals surface area contributed by atoms with E-state index < -0.39 is 0 Å². The zero-order chi connectivity index (χ0) is 3.70. The van der Waals surface area contributed by atoms with Gasteiger partial charge in [0, 0.05) is 5.92 Å². The van der Waals surface area contributed by atoms with E-state index in [-0.39, 0.29) is 20.3 Å².